The van der Waals surface area contributed by atoms with Crippen LogP contribution in [0.15, 0.2) is 18.3 Å². The lowest BCUT2D eigenvalue weighted by Gasteiger charge is -2.19. The number of pyridine rings is 1. The number of nitrogens with one attached hydrogen (secondary N) is 1. The molecule has 3 heterocycles. The fourth-order valence-electron chi connectivity index (χ4n) is 2.04. The molecule has 2 aromatic heterocycles. The molecule has 0 bridgehead atoms. The van der Waals surface area contributed by atoms with Crippen LogP contribution < -0.4 is 5.32 Å². The predicted octanol–water partition coefficient (Wildman–Crippen LogP) is 0.601. The van der Waals surface area contributed by atoms with Gasteiger partial charge >= 0.3 is 0 Å². The van der Waals surface area contributed by atoms with E-state index in [0.717, 1.165) is 11.2 Å². The molecule has 1 aliphatic heterocycles. The van der Waals surface area contributed by atoms with Crippen molar-refractivity contribution in [2.24, 2.45) is 0 Å². The quantitative estimate of drug-likeness (QED) is 0.832. The summed E-state index contributed by atoms with van der Waals surface area (Å²) in [6.45, 7) is 3.39. The molecule has 0 amide bonds. The Hall–Kier alpha value is -1.66. The highest BCUT2D eigenvalue weighted by Crippen LogP contribution is 2.18. The molecule has 0 spiro atoms. The highest BCUT2D eigenvalue weighted by molar-refractivity contribution is 5.44. The third-order valence-electron chi connectivity index (χ3n) is 3.14. The zero-order valence-electron chi connectivity index (χ0n) is 10.3. The predicted molar refractivity (Wildman–Crippen MR) is 66.6 cm³/mol. The third kappa shape index (κ3) is 2.16. The van der Waals surface area contributed by atoms with Crippen LogP contribution in [0.2, 0.25) is 0 Å². The molecule has 6 heteroatoms. The molecule has 1 fully saturated rings. The van der Waals surface area contributed by atoms with E-state index in [9.17, 15) is 5.11 Å². The van der Waals surface area contributed by atoms with Gasteiger partial charge in [-0.3, -0.25) is 0 Å². The van der Waals surface area contributed by atoms with Gasteiger partial charge in [-0.25, -0.2) is 4.52 Å². The average Bonchev–Trinajstić information content (AvgIpc) is 2.93. The van der Waals surface area contributed by atoms with Gasteiger partial charge in [0, 0.05) is 25.8 Å². The summed E-state index contributed by atoms with van der Waals surface area (Å²) in [6.07, 6.45) is 2.56. The van der Waals surface area contributed by atoms with E-state index in [-0.39, 0.29) is 0 Å². The summed E-state index contributed by atoms with van der Waals surface area (Å²) in [4.78, 5) is 4.33. The molecule has 3 rings (SSSR count). The zero-order valence-corrected chi connectivity index (χ0v) is 10.3. The van der Waals surface area contributed by atoms with Crippen LogP contribution in [-0.4, -0.2) is 45.1 Å². The van der Waals surface area contributed by atoms with Gasteiger partial charge in [0.1, 0.15) is 5.60 Å². The van der Waals surface area contributed by atoms with E-state index in [4.69, 9.17) is 4.74 Å². The van der Waals surface area contributed by atoms with Crippen LogP contribution in [0.4, 0.5) is 5.95 Å². The third-order valence-corrected chi connectivity index (χ3v) is 3.14. The van der Waals surface area contributed by atoms with Gasteiger partial charge in [-0.15, -0.1) is 5.10 Å². The number of anilines is 1. The van der Waals surface area contributed by atoms with Crippen molar-refractivity contribution in [2.45, 2.75) is 18.9 Å². The van der Waals surface area contributed by atoms with Crippen molar-refractivity contribution in [1.82, 2.24) is 14.6 Å². The number of nitrogens with zero attached hydrogens (tertiary/aromatic N) is 3. The monoisotopic (exact) mass is 248 g/mol. The van der Waals surface area contributed by atoms with Crippen molar-refractivity contribution < 1.29 is 9.84 Å². The van der Waals surface area contributed by atoms with Gasteiger partial charge in [-0.1, -0.05) is 6.07 Å². The molecular weight excluding hydrogens is 232 g/mol. The summed E-state index contributed by atoms with van der Waals surface area (Å²) >= 11 is 0. The lowest BCUT2D eigenvalue weighted by Crippen LogP contribution is -2.37. The van der Waals surface area contributed by atoms with Gasteiger partial charge < -0.3 is 15.2 Å². The molecule has 2 N–H and O–H groups in total. The Morgan fingerprint density at radius 1 is 1.56 bits per heavy atom. The fourth-order valence-corrected chi connectivity index (χ4v) is 2.04. The lowest BCUT2D eigenvalue weighted by atomic mass is 10.0. The Kier molecular flexibility index (Phi) is 2.68. The number of ether oxygens (including phenoxy) is 1. The maximum Gasteiger partial charge on any atom is 0.243 e. The average molecular weight is 248 g/mol. The molecule has 0 radical (unpaired) electrons. The van der Waals surface area contributed by atoms with E-state index in [2.05, 4.69) is 15.4 Å². The van der Waals surface area contributed by atoms with Gasteiger partial charge in [-0.2, -0.15) is 4.98 Å². The first-order valence-corrected chi connectivity index (χ1v) is 6.02. The Bertz CT molecular complexity index is 560. The maximum absolute atomic E-state index is 10.1. The van der Waals surface area contributed by atoms with Crippen molar-refractivity contribution in [1.29, 1.82) is 0 Å². The highest BCUT2D eigenvalue weighted by atomic mass is 16.5. The first kappa shape index (κ1) is 11.4. The van der Waals surface area contributed by atoms with Crippen LogP contribution in [0.1, 0.15) is 12.0 Å². The number of aliphatic hydroxyl groups is 1. The Labute approximate surface area is 105 Å². The molecule has 1 unspecified atom stereocenters. The van der Waals surface area contributed by atoms with E-state index in [0.29, 0.717) is 32.1 Å². The molecule has 0 aromatic carbocycles. The van der Waals surface area contributed by atoms with Crippen molar-refractivity contribution in [3.63, 3.8) is 0 Å². The van der Waals surface area contributed by atoms with Crippen LogP contribution in [0.5, 0.6) is 0 Å². The highest BCUT2D eigenvalue weighted by Gasteiger charge is 2.32. The molecule has 6 nitrogen and oxygen atoms in total. The summed E-state index contributed by atoms with van der Waals surface area (Å²) in [5.41, 5.74) is 1.12. The second-order valence-electron chi connectivity index (χ2n) is 4.83. The molecule has 96 valence electrons. The first-order chi connectivity index (χ1) is 8.65. The zero-order chi connectivity index (χ0) is 12.6. The Morgan fingerprint density at radius 2 is 2.44 bits per heavy atom. The lowest BCUT2D eigenvalue weighted by molar-refractivity contribution is 0.0380. The molecule has 2 aromatic rings. The number of aromatic nitrogens is 3. The van der Waals surface area contributed by atoms with Crippen LogP contribution in [0, 0.1) is 6.92 Å². The molecule has 18 heavy (non-hydrogen) atoms. The Morgan fingerprint density at radius 3 is 3.22 bits per heavy atom. The topological polar surface area (TPSA) is 71.7 Å². The van der Waals surface area contributed by atoms with Gasteiger partial charge in [0.05, 0.1) is 6.61 Å². The molecule has 0 saturated carbocycles. The maximum atomic E-state index is 10.1. The van der Waals surface area contributed by atoms with Gasteiger partial charge in [-0.05, 0) is 18.6 Å². The summed E-state index contributed by atoms with van der Waals surface area (Å²) in [5.74, 6) is 0.529. The van der Waals surface area contributed by atoms with Crippen molar-refractivity contribution in [3.8, 4) is 0 Å². The van der Waals surface area contributed by atoms with E-state index in [1.807, 2.05) is 25.3 Å². The summed E-state index contributed by atoms with van der Waals surface area (Å²) in [5, 5.41) is 17.5. The SMILES string of the molecule is Cc1ccc2nc(NCC3(O)CCOC3)nn2c1. The van der Waals surface area contributed by atoms with E-state index >= 15 is 0 Å². The molecule has 0 aliphatic carbocycles. The first-order valence-electron chi connectivity index (χ1n) is 6.02. The standard InChI is InChI=1S/C12H16N4O2/c1-9-2-3-10-14-11(15-16(10)6-9)13-7-12(17)4-5-18-8-12/h2-3,6,17H,4-5,7-8H2,1H3,(H,13,15). The summed E-state index contributed by atoms with van der Waals surface area (Å²) in [6, 6.07) is 3.91. The second-order valence-corrected chi connectivity index (χ2v) is 4.83. The molecular formula is C12H16N4O2. The van der Waals surface area contributed by atoms with Crippen LogP contribution in [0.25, 0.3) is 5.65 Å². The number of hydrogen-bond acceptors (Lipinski definition) is 5. The summed E-state index contributed by atoms with van der Waals surface area (Å²) in [7, 11) is 0. The van der Waals surface area contributed by atoms with E-state index in [1.54, 1.807) is 4.52 Å². The molecule has 1 atom stereocenters. The second kappa shape index (κ2) is 4.22. The minimum absolute atomic E-state index is 0.368. The minimum atomic E-state index is -0.798. The van der Waals surface area contributed by atoms with Crippen molar-refractivity contribution in [3.05, 3.63) is 23.9 Å². The number of hydrogen-bond donors (Lipinski definition) is 2. The fraction of sp³-hybridized carbons (Fsp3) is 0.500. The van der Waals surface area contributed by atoms with Gasteiger partial charge in [0.15, 0.2) is 5.65 Å². The van der Waals surface area contributed by atoms with Crippen LogP contribution in [0.3, 0.4) is 0 Å². The van der Waals surface area contributed by atoms with E-state index in [1.165, 1.54) is 0 Å². The molecule has 1 saturated heterocycles. The Balaban J connectivity index is 1.74. The van der Waals surface area contributed by atoms with Crippen molar-refractivity contribution in [2.75, 3.05) is 25.1 Å². The number of fused-ring (bicyclic) bond motifs is 1. The minimum Gasteiger partial charge on any atom is -0.386 e. The van der Waals surface area contributed by atoms with Gasteiger partial charge in [0.25, 0.3) is 0 Å². The van der Waals surface area contributed by atoms with Crippen LogP contribution >= 0.6 is 0 Å². The van der Waals surface area contributed by atoms with Crippen molar-refractivity contribution >= 4 is 11.6 Å². The smallest absolute Gasteiger partial charge is 0.243 e. The largest absolute Gasteiger partial charge is 0.386 e. The van der Waals surface area contributed by atoms with Crippen LogP contribution in [-0.2, 0) is 4.74 Å². The normalized spacial score (nSPS) is 23.7. The number of rotatable bonds is 3. The summed E-state index contributed by atoms with van der Waals surface area (Å²) < 4.78 is 6.92. The number of aryl methyl sites for hydroxylation is 1. The van der Waals surface area contributed by atoms with Gasteiger partial charge in [0.2, 0.25) is 5.95 Å². The van der Waals surface area contributed by atoms with E-state index < -0.39 is 5.60 Å². The molecule has 1 aliphatic rings.